The molecule has 0 saturated carbocycles. The molecule has 0 aliphatic rings. The van der Waals surface area contributed by atoms with Crippen LogP contribution in [0.25, 0.3) is 10.9 Å². The molecule has 23 heavy (non-hydrogen) atoms. The minimum Gasteiger partial charge on any atom is -0.467 e. The standard InChI is InChI=1S/C17H19N3O3/c1-11(9-15(21)16-7-4-8-23-16)18-17(22)10-14-12-5-2-3-6-13(12)19-20-14/h2-8,11,15,21H,9-10H2,1H3,(H,18,22)(H,19,20). The molecule has 2 heterocycles. The molecule has 120 valence electrons. The van der Waals surface area contributed by atoms with E-state index in [1.165, 1.54) is 6.26 Å². The third kappa shape index (κ3) is 3.60. The Morgan fingerprint density at radius 3 is 2.96 bits per heavy atom. The van der Waals surface area contributed by atoms with E-state index in [0.29, 0.717) is 12.2 Å². The molecule has 0 fully saturated rings. The number of benzene rings is 1. The molecule has 3 rings (SSSR count). The van der Waals surface area contributed by atoms with Gasteiger partial charge in [0.25, 0.3) is 0 Å². The van der Waals surface area contributed by atoms with Crippen LogP contribution < -0.4 is 5.32 Å². The van der Waals surface area contributed by atoms with Crippen LogP contribution in [0.2, 0.25) is 0 Å². The predicted molar refractivity (Wildman–Crippen MR) is 85.7 cm³/mol. The number of hydrogen-bond donors (Lipinski definition) is 3. The number of H-pyrrole nitrogens is 1. The summed E-state index contributed by atoms with van der Waals surface area (Å²) in [7, 11) is 0. The van der Waals surface area contributed by atoms with E-state index in [0.717, 1.165) is 16.6 Å². The monoisotopic (exact) mass is 313 g/mol. The van der Waals surface area contributed by atoms with Gasteiger partial charge in [-0.15, -0.1) is 0 Å². The number of fused-ring (bicyclic) bond motifs is 1. The van der Waals surface area contributed by atoms with Crippen molar-refractivity contribution >= 4 is 16.8 Å². The first kappa shape index (κ1) is 15.3. The van der Waals surface area contributed by atoms with Crippen LogP contribution in [0.5, 0.6) is 0 Å². The van der Waals surface area contributed by atoms with Crippen LogP contribution in [0.1, 0.15) is 30.9 Å². The van der Waals surface area contributed by atoms with Crippen molar-refractivity contribution in [3.8, 4) is 0 Å². The number of rotatable bonds is 6. The number of amides is 1. The Morgan fingerprint density at radius 2 is 2.17 bits per heavy atom. The second-order valence-electron chi connectivity index (χ2n) is 5.63. The average molecular weight is 313 g/mol. The predicted octanol–water partition coefficient (Wildman–Crippen LogP) is 2.33. The van der Waals surface area contributed by atoms with Gasteiger partial charge in [-0.25, -0.2) is 0 Å². The maximum absolute atomic E-state index is 12.2. The van der Waals surface area contributed by atoms with Gasteiger partial charge >= 0.3 is 0 Å². The van der Waals surface area contributed by atoms with Crippen molar-refractivity contribution in [2.24, 2.45) is 0 Å². The zero-order chi connectivity index (χ0) is 16.2. The van der Waals surface area contributed by atoms with Crippen molar-refractivity contribution in [2.45, 2.75) is 31.9 Å². The fraction of sp³-hybridized carbons (Fsp3) is 0.294. The summed E-state index contributed by atoms with van der Waals surface area (Å²) < 4.78 is 5.16. The van der Waals surface area contributed by atoms with Crippen molar-refractivity contribution in [3.05, 3.63) is 54.1 Å². The summed E-state index contributed by atoms with van der Waals surface area (Å²) in [6, 6.07) is 10.9. The van der Waals surface area contributed by atoms with Gasteiger partial charge in [0.2, 0.25) is 5.91 Å². The minimum absolute atomic E-state index is 0.112. The van der Waals surface area contributed by atoms with Crippen molar-refractivity contribution in [1.29, 1.82) is 0 Å². The van der Waals surface area contributed by atoms with Gasteiger partial charge in [-0.2, -0.15) is 5.10 Å². The largest absolute Gasteiger partial charge is 0.467 e. The zero-order valence-electron chi connectivity index (χ0n) is 12.8. The third-order valence-corrected chi connectivity index (χ3v) is 3.73. The van der Waals surface area contributed by atoms with Gasteiger partial charge in [0.05, 0.1) is 23.9 Å². The summed E-state index contributed by atoms with van der Waals surface area (Å²) in [5, 5.41) is 20.9. The number of nitrogens with one attached hydrogen (secondary N) is 2. The number of aliphatic hydroxyl groups is 1. The summed E-state index contributed by atoms with van der Waals surface area (Å²) in [4.78, 5) is 12.2. The van der Waals surface area contributed by atoms with Crippen LogP contribution in [0.3, 0.4) is 0 Å². The molecule has 1 aromatic carbocycles. The topological polar surface area (TPSA) is 91.2 Å². The molecule has 0 aliphatic carbocycles. The summed E-state index contributed by atoms with van der Waals surface area (Å²) in [5.41, 5.74) is 1.63. The Labute approximate surface area is 133 Å². The number of nitrogens with zero attached hydrogens (tertiary/aromatic N) is 1. The Morgan fingerprint density at radius 1 is 1.35 bits per heavy atom. The quantitative estimate of drug-likeness (QED) is 0.651. The van der Waals surface area contributed by atoms with E-state index in [1.807, 2.05) is 31.2 Å². The van der Waals surface area contributed by atoms with E-state index in [4.69, 9.17) is 4.42 Å². The first-order valence-corrected chi connectivity index (χ1v) is 7.56. The van der Waals surface area contributed by atoms with Crippen LogP contribution in [0, 0.1) is 0 Å². The number of carbonyl (C=O) groups is 1. The van der Waals surface area contributed by atoms with E-state index in [-0.39, 0.29) is 18.4 Å². The number of para-hydroxylation sites is 1. The Balaban J connectivity index is 1.56. The van der Waals surface area contributed by atoms with Crippen molar-refractivity contribution in [3.63, 3.8) is 0 Å². The van der Waals surface area contributed by atoms with Crippen molar-refractivity contribution < 1.29 is 14.3 Å². The molecule has 0 spiro atoms. The maximum Gasteiger partial charge on any atom is 0.226 e. The van der Waals surface area contributed by atoms with E-state index in [1.54, 1.807) is 12.1 Å². The van der Waals surface area contributed by atoms with Crippen molar-refractivity contribution in [2.75, 3.05) is 0 Å². The SMILES string of the molecule is CC(CC(O)c1ccco1)NC(=O)Cc1[nH]nc2ccccc12. The van der Waals surface area contributed by atoms with Crippen LogP contribution in [-0.2, 0) is 11.2 Å². The van der Waals surface area contributed by atoms with Gasteiger partial charge in [-0.1, -0.05) is 18.2 Å². The van der Waals surface area contributed by atoms with Gasteiger partial charge in [0.1, 0.15) is 11.9 Å². The van der Waals surface area contributed by atoms with Gasteiger partial charge in [0.15, 0.2) is 0 Å². The Hall–Kier alpha value is -2.60. The molecule has 3 N–H and O–H groups in total. The lowest BCUT2D eigenvalue weighted by molar-refractivity contribution is -0.121. The second-order valence-corrected chi connectivity index (χ2v) is 5.63. The highest BCUT2D eigenvalue weighted by atomic mass is 16.4. The van der Waals surface area contributed by atoms with Crippen LogP contribution in [0.4, 0.5) is 0 Å². The lowest BCUT2D eigenvalue weighted by Gasteiger charge is -2.16. The first-order valence-electron chi connectivity index (χ1n) is 7.56. The molecule has 6 nitrogen and oxygen atoms in total. The fourth-order valence-electron chi connectivity index (χ4n) is 2.63. The summed E-state index contributed by atoms with van der Waals surface area (Å²) in [6.45, 7) is 1.86. The van der Waals surface area contributed by atoms with Crippen molar-refractivity contribution in [1.82, 2.24) is 15.5 Å². The zero-order valence-corrected chi connectivity index (χ0v) is 12.8. The lowest BCUT2D eigenvalue weighted by atomic mass is 10.1. The molecular weight excluding hydrogens is 294 g/mol. The second kappa shape index (κ2) is 6.66. The molecule has 6 heteroatoms. The normalized spacial score (nSPS) is 13.8. The number of carbonyl (C=O) groups excluding carboxylic acids is 1. The molecule has 3 aromatic rings. The van der Waals surface area contributed by atoms with E-state index < -0.39 is 6.10 Å². The Kier molecular flexibility index (Phi) is 4.43. The van der Waals surface area contributed by atoms with E-state index >= 15 is 0 Å². The minimum atomic E-state index is -0.728. The van der Waals surface area contributed by atoms with Gasteiger partial charge in [0, 0.05) is 17.8 Å². The Bertz CT molecular complexity index is 779. The summed E-state index contributed by atoms with van der Waals surface area (Å²) in [5.74, 6) is 0.393. The number of hydrogen-bond acceptors (Lipinski definition) is 4. The third-order valence-electron chi connectivity index (χ3n) is 3.73. The van der Waals surface area contributed by atoms with Crippen LogP contribution >= 0.6 is 0 Å². The molecule has 1 amide bonds. The van der Waals surface area contributed by atoms with E-state index in [2.05, 4.69) is 15.5 Å². The highest BCUT2D eigenvalue weighted by Crippen LogP contribution is 2.19. The van der Waals surface area contributed by atoms with Gasteiger partial charge in [-0.05, 0) is 25.1 Å². The van der Waals surface area contributed by atoms with Gasteiger partial charge in [-0.3, -0.25) is 9.89 Å². The average Bonchev–Trinajstić information content (AvgIpc) is 3.17. The lowest BCUT2D eigenvalue weighted by Crippen LogP contribution is -2.34. The molecule has 0 saturated heterocycles. The molecule has 2 unspecified atom stereocenters. The molecule has 0 radical (unpaired) electrons. The van der Waals surface area contributed by atoms with Crippen LogP contribution in [0.15, 0.2) is 47.1 Å². The summed E-state index contributed by atoms with van der Waals surface area (Å²) in [6.07, 6.45) is 1.41. The molecule has 0 bridgehead atoms. The molecule has 2 atom stereocenters. The number of aromatic amines is 1. The van der Waals surface area contributed by atoms with Gasteiger partial charge < -0.3 is 14.8 Å². The van der Waals surface area contributed by atoms with E-state index in [9.17, 15) is 9.90 Å². The molecule has 0 aliphatic heterocycles. The smallest absolute Gasteiger partial charge is 0.226 e. The fourth-order valence-corrected chi connectivity index (χ4v) is 2.63. The summed E-state index contributed by atoms with van der Waals surface area (Å²) >= 11 is 0. The van der Waals surface area contributed by atoms with Crippen LogP contribution in [-0.4, -0.2) is 27.3 Å². The molecular formula is C17H19N3O3. The molecule has 2 aromatic heterocycles. The number of aromatic nitrogens is 2. The first-order chi connectivity index (χ1) is 11.1. The highest BCUT2D eigenvalue weighted by Gasteiger charge is 2.17. The highest BCUT2D eigenvalue weighted by molar-refractivity contribution is 5.87. The number of aliphatic hydroxyl groups excluding tert-OH is 1. The maximum atomic E-state index is 12.2. The number of furan rings is 1.